The Morgan fingerprint density at radius 1 is 1.26 bits per heavy atom. The van der Waals surface area contributed by atoms with Crippen molar-refractivity contribution in [3.63, 3.8) is 0 Å². The van der Waals surface area contributed by atoms with E-state index < -0.39 is 0 Å². The van der Waals surface area contributed by atoms with Crippen LogP contribution < -0.4 is 10.6 Å². The molecule has 0 saturated heterocycles. The van der Waals surface area contributed by atoms with Crippen LogP contribution in [0.3, 0.4) is 0 Å². The lowest BCUT2D eigenvalue weighted by Crippen LogP contribution is -2.04. The van der Waals surface area contributed by atoms with Crippen LogP contribution in [0.25, 0.3) is 0 Å². The predicted octanol–water partition coefficient (Wildman–Crippen LogP) is 3.71. The van der Waals surface area contributed by atoms with Gasteiger partial charge in [0, 0.05) is 24.5 Å². The molecule has 19 heavy (non-hydrogen) atoms. The first-order chi connectivity index (χ1) is 9.24. The molecule has 1 heterocycles. The van der Waals surface area contributed by atoms with Crippen LogP contribution in [0.5, 0.6) is 0 Å². The largest absolute Gasteiger partial charge is 0.384 e. The first-order valence-corrected chi connectivity index (χ1v) is 6.59. The van der Waals surface area contributed by atoms with Gasteiger partial charge in [0.05, 0.1) is 0 Å². The minimum atomic E-state index is -0.190. The lowest BCUT2D eigenvalue weighted by Gasteiger charge is -2.12. The second kappa shape index (κ2) is 4.92. The topological polar surface area (TPSA) is 24.1 Å². The Bertz CT molecular complexity index is 608. The zero-order valence-electron chi connectivity index (χ0n) is 11.0. The van der Waals surface area contributed by atoms with Gasteiger partial charge in [-0.25, -0.2) is 4.39 Å². The van der Waals surface area contributed by atoms with Gasteiger partial charge in [-0.1, -0.05) is 18.2 Å². The molecule has 0 atom stereocenters. The molecule has 0 saturated carbocycles. The van der Waals surface area contributed by atoms with Crippen LogP contribution in [0, 0.1) is 12.7 Å². The van der Waals surface area contributed by atoms with E-state index in [4.69, 9.17) is 0 Å². The molecule has 3 heteroatoms. The van der Waals surface area contributed by atoms with Crippen LogP contribution in [0.2, 0.25) is 0 Å². The fraction of sp³-hybridized carbons (Fsp3) is 0.250. The summed E-state index contributed by atoms with van der Waals surface area (Å²) >= 11 is 0. The quantitative estimate of drug-likeness (QED) is 0.874. The third kappa shape index (κ3) is 2.41. The van der Waals surface area contributed by atoms with Gasteiger partial charge in [0.25, 0.3) is 0 Å². The summed E-state index contributed by atoms with van der Waals surface area (Å²) in [7, 11) is 0. The normalized spacial score (nSPS) is 12.9. The van der Waals surface area contributed by atoms with Crippen LogP contribution in [0.4, 0.5) is 15.8 Å². The lowest BCUT2D eigenvalue weighted by atomic mass is 10.1. The molecule has 0 aromatic heterocycles. The summed E-state index contributed by atoms with van der Waals surface area (Å²) in [6.45, 7) is 3.68. The zero-order chi connectivity index (χ0) is 13.2. The lowest BCUT2D eigenvalue weighted by molar-refractivity contribution is 0.627. The van der Waals surface area contributed by atoms with Gasteiger partial charge in [0.1, 0.15) is 5.82 Å². The monoisotopic (exact) mass is 256 g/mol. The van der Waals surface area contributed by atoms with E-state index in [0.717, 1.165) is 30.8 Å². The van der Waals surface area contributed by atoms with Gasteiger partial charge >= 0.3 is 0 Å². The highest BCUT2D eigenvalue weighted by Crippen LogP contribution is 2.27. The Morgan fingerprint density at radius 2 is 2.16 bits per heavy atom. The summed E-state index contributed by atoms with van der Waals surface area (Å²) in [6.07, 6.45) is 1.10. The Hall–Kier alpha value is -2.03. The number of hydrogen-bond donors (Lipinski definition) is 2. The fourth-order valence-electron chi connectivity index (χ4n) is 2.57. The predicted molar refractivity (Wildman–Crippen MR) is 77.1 cm³/mol. The maximum atomic E-state index is 13.1. The number of rotatable bonds is 3. The molecule has 3 rings (SSSR count). The molecular weight excluding hydrogens is 239 g/mol. The van der Waals surface area contributed by atoms with Crippen molar-refractivity contribution in [3.05, 3.63) is 58.9 Å². The molecule has 0 bridgehead atoms. The summed E-state index contributed by atoms with van der Waals surface area (Å²) in [5, 5.41) is 6.81. The average molecular weight is 256 g/mol. The number of hydrogen-bond acceptors (Lipinski definition) is 2. The Balaban J connectivity index is 1.78. The van der Waals surface area contributed by atoms with Crippen LogP contribution in [-0.4, -0.2) is 6.54 Å². The van der Waals surface area contributed by atoms with E-state index >= 15 is 0 Å². The first-order valence-electron chi connectivity index (χ1n) is 6.59. The molecule has 2 N–H and O–H groups in total. The smallest absolute Gasteiger partial charge is 0.123 e. The third-order valence-electron chi connectivity index (χ3n) is 3.59. The van der Waals surface area contributed by atoms with Crippen molar-refractivity contribution >= 4 is 11.4 Å². The molecular formula is C16H17FN2. The second-order valence-electron chi connectivity index (χ2n) is 4.94. The standard InChI is InChI=1S/C16H17FN2/c1-11-9-14(17)5-6-15(11)19-10-13-4-2-3-12-7-8-18-16(12)13/h2-6,9,18-19H,7-8,10H2,1H3. The molecule has 0 fully saturated rings. The van der Waals surface area contributed by atoms with E-state index in [1.807, 2.05) is 6.92 Å². The highest BCUT2D eigenvalue weighted by molar-refractivity contribution is 5.62. The van der Waals surface area contributed by atoms with Crippen LogP contribution in [0.15, 0.2) is 36.4 Å². The van der Waals surface area contributed by atoms with Gasteiger partial charge in [-0.05, 0) is 48.2 Å². The van der Waals surface area contributed by atoms with Crippen LogP contribution in [-0.2, 0) is 13.0 Å². The highest BCUT2D eigenvalue weighted by Gasteiger charge is 2.13. The molecule has 0 aliphatic carbocycles. The maximum Gasteiger partial charge on any atom is 0.123 e. The van der Waals surface area contributed by atoms with E-state index in [0.29, 0.717) is 0 Å². The highest BCUT2D eigenvalue weighted by atomic mass is 19.1. The number of para-hydroxylation sites is 1. The van der Waals surface area contributed by atoms with E-state index in [2.05, 4.69) is 28.8 Å². The van der Waals surface area contributed by atoms with Crippen molar-refractivity contribution in [3.8, 4) is 0 Å². The molecule has 98 valence electrons. The second-order valence-corrected chi connectivity index (χ2v) is 4.94. The Kier molecular flexibility index (Phi) is 3.11. The summed E-state index contributed by atoms with van der Waals surface area (Å²) in [4.78, 5) is 0. The summed E-state index contributed by atoms with van der Waals surface area (Å²) in [6, 6.07) is 11.2. The Morgan fingerprint density at radius 3 is 3.00 bits per heavy atom. The minimum absolute atomic E-state index is 0.190. The van der Waals surface area contributed by atoms with Gasteiger partial charge in [-0.3, -0.25) is 0 Å². The van der Waals surface area contributed by atoms with E-state index in [1.165, 1.54) is 22.9 Å². The molecule has 0 radical (unpaired) electrons. The van der Waals surface area contributed by atoms with E-state index in [-0.39, 0.29) is 5.82 Å². The molecule has 0 spiro atoms. The van der Waals surface area contributed by atoms with E-state index in [1.54, 1.807) is 12.1 Å². The third-order valence-corrected chi connectivity index (χ3v) is 3.59. The van der Waals surface area contributed by atoms with Crippen molar-refractivity contribution in [2.24, 2.45) is 0 Å². The summed E-state index contributed by atoms with van der Waals surface area (Å²) in [5.41, 5.74) is 5.82. The van der Waals surface area contributed by atoms with Crippen LogP contribution >= 0.6 is 0 Å². The summed E-state index contributed by atoms with van der Waals surface area (Å²) in [5.74, 6) is -0.190. The SMILES string of the molecule is Cc1cc(F)ccc1NCc1cccc2c1NCC2. The van der Waals surface area contributed by atoms with Gasteiger partial charge in [-0.15, -0.1) is 0 Å². The van der Waals surface area contributed by atoms with E-state index in [9.17, 15) is 4.39 Å². The zero-order valence-corrected chi connectivity index (χ0v) is 11.0. The minimum Gasteiger partial charge on any atom is -0.384 e. The van der Waals surface area contributed by atoms with Crippen LogP contribution in [0.1, 0.15) is 16.7 Å². The molecule has 0 unspecified atom stereocenters. The number of fused-ring (bicyclic) bond motifs is 1. The number of nitrogens with one attached hydrogen (secondary N) is 2. The number of halogens is 1. The van der Waals surface area contributed by atoms with Gasteiger partial charge in [-0.2, -0.15) is 0 Å². The van der Waals surface area contributed by atoms with Crippen molar-refractivity contribution in [2.75, 3.05) is 17.2 Å². The van der Waals surface area contributed by atoms with Crippen molar-refractivity contribution in [1.29, 1.82) is 0 Å². The number of aryl methyl sites for hydroxylation is 1. The van der Waals surface area contributed by atoms with Crippen molar-refractivity contribution < 1.29 is 4.39 Å². The Labute approximate surface area is 112 Å². The first kappa shape index (κ1) is 12.0. The number of benzene rings is 2. The van der Waals surface area contributed by atoms with Gasteiger partial charge in [0.15, 0.2) is 0 Å². The molecule has 2 aromatic carbocycles. The number of anilines is 2. The van der Waals surface area contributed by atoms with Crippen molar-refractivity contribution in [1.82, 2.24) is 0 Å². The van der Waals surface area contributed by atoms with Gasteiger partial charge in [0.2, 0.25) is 0 Å². The van der Waals surface area contributed by atoms with Gasteiger partial charge < -0.3 is 10.6 Å². The molecule has 1 aliphatic heterocycles. The molecule has 2 nitrogen and oxygen atoms in total. The fourth-order valence-corrected chi connectivity index (χ4v) is 2.57. The average Bonchev–Trinajstić information content (AvgIpc) is 2.86. The maximum absolute atomic E-state index is 13.1. The summed E-state index contributed by atoms with van der Waals surface area (Å²) < 4.78 is 13.1. The van der Waals surface area contributed by atoms with Crippen molar-refractivity contribution in [2.45, 2.75) is 19.9 Å². The molecule has 0 amide bonds. The molecule has 1 aliphatic rings. The molecule has 2 aromatic rings.